The maximum atomic E-state index is 13.5. The predicted octanol–water partition coefficient (Wildman–Crippen LogP) is 4.07. The fourth-order valence-electron chi connectivity index (χ4n) is 4.79. The first-order valence-electron chi connectivity index (χ1n) is 12.9. The summed E-state index contributed by atoms with van der Waals surface area (Å²) in [5.74, 6) is 0.738. The Balaban J connectivity index is 1.55. The van der Waals surface area contributed by atoms with E-state index < -0.39 is 6.04 Å². The number of aromatic nitrogens is 3. The van der Waals surface area contributed by atoms with Crippen LogP contribution >= 0.6 is 0 Å². The number of pyridine rings is 1. The van der Waals surface area contributed by atoms with Gasteiger partial charge in [-0.3, -0.25) is 14.4 Å². The highest BCUT2D eigenvalue weighted by atomic mass is 16.2. The van der Waals surface area contributed by atoms with Gasteiger partial charge in [0.1, 0.15) is 17.7 Å². The molecule has 2 aromatic heterocycles. The van der Waals surface area contributed by atoms with Crippen LogP contribution in [0.5, 0.6) is 0 Å². The van der Waals surface area contributed by atoms with E-state index >= 15 is 0 Å². The molecule has 0 radical (unpaired) electrons. The topological polar surface area (TPSA) is 108 Å². The van der Waals surface area contributed by atoms with Crippen molar-refractivity contribution in [2.45, 2.75) is 40.2 Å². The lowest BCUT2D eigenvalue weighted by Gasteiger charge is -2.28. The van der Waals surface area contributed by atoms with E-state index in [0.29, 0.717) is 41.4 Å². The Kier molecular flexibility index (Phi) is 8.18. The fourth-order valence-corrected chi connectivity index (χ4v) is 4.79. The Hall–Kier alpha value is -4.40. The van der Waals surface area contributed by atoms with Gasteiger partial charge in [-0.1, -0.05) is 25.6 Å². The molecular formula is C30H34N6O3. The first-order chi connectivity index (χ1) is 18.5. The van der Waals surface area contributed by atoms with Crippen LogP contribution in [0.4, 0.5) is 11.5 Å². The lowest BCUT2D eigenvalue weighted by Crippen LogP contribution is -2.47. The van der Waals surface area contributed by atoms with Crippen LogP contribution in [-0.2, 0) is 14.4 Å². The summed E-state index contributed by atoms with van der Waals surface area (Å²) in [5.41, 5.74) is 4.11. The molecule has 0 aliphatic carbocycles. The third kappa shape index (κ3) is 6.37. The van der Waals surface area contributed by atoms with Gasteiger partial charge < -0.3 is 15.1 Å². The van der Waals surface area contributed by atoms with Crippen LogP contribution in [0, 0.1) is 19.8 Å². The van der Waals surface area contributed by atoms with Gasteiger partial charge in [-0.25, -0.2) is 15.0 Å². The number of likely N-dealkylation sites (N-methyl/N-ethyl adjacent to an activating group) is 1. The van der Waals surface area contributed by atoms with Crippen LogP contribution in [0.1, 0.15) is 37.4 Å². The minimum absolute atomic E-state index is 0.0321. The summed E-state index contributed by atoms with van der Waals surface area (Å²) in [6, 6.07) is 10.5. The zero-order valence-electron chi connectivity index (χ0n) is 23.1. The van der Waals surface area contributed by atoms with Gasteiger partial charge in [-0.05, 0) is 62.9 Å². The molecule has 0 bridgehead atoms. The van der Waals surface area contributed by atoms with Gasteiger partial charge in [-0.15, -0.1) is 0 Å². The quantitative estimate of drug-likeness (QED) is 0.441. The number of likely N-dealkylation sites (tertiary alicyclic amines) is 1. The van der Waals surface area contributed by atoms with Crippen molar-refractivity contribution in [1.82, 2.24) is 19.9 Å². The molecule has 9 nitrogen and oxygen atoms in total. The van der Waals surface area contributed by atoms with E-state index in [1.807, 2.05) is 51.1 Å². The monoisotopic (exact) mass is 526 g/mol. The second kappa shape index (κ2) is 11.6. The summed E-state index contributed by atoms with van der Waals surface area (Å²) < 4.78 is 0. The predicted molar refractivity (Wildman–Crippen MR) is 152 cm³/mol. The Labute approximate surface area is 229 Å². The number of anilines is 2. The van der Waals surface area contributed by atoms with Gasteiger partial charge in [-0.2, -0.15) is 0 Å². The number of benzene rings is 1. The van der Waals surface area contributed by atoms with E-state index in [-0.39, 0.29) is 30.1 Å². The molecule has 202 valence electrons. The number of Topliss-reactive ketones (excluding diaryl/α,β-unsaturated/α-hetero) is 1. The fraction of sp³-hybridized carbons (Fsp3) is 0.333. The van der Waals surface area contributed by atoms with Gasteiger partial charge in [0.2, 0.25) is 11.8 Å². The van der Waals surface area contributed by atoms with Gasteiger partial charge in [0.25, 0.3) is 0 Å². The number of aryl methyl sites for hydroxylation is 2. The molecule has 4 rings (SSSR count). The number of amides is 2. The zero-order valence-corrected chi connectivity index (χ0v) is 23.1. The van der Waals surface area contributed by atoms with Crippen LogP contribution in [0.25, 0.3) is 16.7 Å². The van der Waals surface area contributed by atoms with E-state index in [1.165, 1.54) is 6.92 Å². The molecule has 1 saturated heterocycles. The van der Waals surface area contributed by atoms with Crippen molar-refractivity contribution in [1.29, 1.82) is 0 Å². The van der Waals surface area contributed by atoms with E-state index in [1.54, 1.807) is 35.3 Å². The average Bonchev–Trinajstić information content (AvgIpc) is 3.30. The smallest absolute Gasteiger partial charge is 0.248 e. The molecular weight excluding hydrogens is 492 g/mol. The molecule has 2 amide bonds. The van der Waals surface area contributed by atoms with Crippen molar-refractivity contribution in [3.8, 4) is 11.1 Å². The maximum absolute atomic E-state index is 13.5. The highest BCUT2D eigenvalue weighted by Crippen LogP contribution is 2.32. The summed E-state index contributed by atoms with van der Waals surface area (Å²) in [7, 11) is 1.80. The van der Waals surface area contributed by atoms with E-state index in [4.69, 9.17) is 0 Å². The molecule has 0 spiro atoms. The van der Waals surface area contributed by atoms with Crippen LogP contribution in [0.2, 0.25) is 0 Å². The Bertz CT molecular complexity index is 1420. The maximum Gasteiger partial charge on any atom is 0.248 e. The number of ketones is 1. The molecule has 3 heterocycles. The molecule has 1 fully saturated rings. The number of hydrogen-bond acceptors (Lipinski definition) is 7. The Morgan fingerprint density at radius 3 is 2.49 bits per heavy atom. The van der Waals surface area contributed by atoms with Gasteiger partial charge in [0.05, 0.1) is 6.54 Å². The number of rotatable bonds is 8. The number of nitrogens with one attached hydrogen (secondary N) is 1. The first-order valence-corrected chi connectivity index (χ1v) is 12.9. The van der Waals surface area contributed by atoms with Crippen molar-refractivity contribution >= 4 is 34.7 Å². The molecule has 1 aliphatic heterocycles. The van der Waals surface area contributed by atoms with E-state index in [9.17, 15) is 14.4 Å². The average molecular weight is 527 g/mol. The lowest BCUT2D eigenvalue weighted by atomic mass is 9.97. The highest BCUT2D eigenvalue weighted by Gasteiger charge is 2.38. The molecule has 1 aliphatic rings. The van der Waals surface area contributed by atoms with Crippen molar-refractivity contribution in [2.24, 2.45) is 5.92 Å². The SMILES string of the molecule is C=C(C(C)=O)c1cc(-c2cnc(C)nc2)ccc1N(C)CC(=O)N1CC(C)C[C@H]1C(=O)Nc1cccc(C)n1. The summed E-state index contributed by atoms with van der Waals surface area (Å²) >= 11 is 0. The van der Waals surface area contributed by atoms with Crippen LogP contribution < -0.4 is 10.2 Å². The molecule has 9 heteroatoms. The normalized spacial score (nSPS) is 16.6. The van der Waals surface area contributed by atoms with Crippen molar-refractivity contribution in [3.05, 3.63) is 72.5 Å². The molecule has 1 unspecified atom stereocenters. The van der Waals surface area contributed by atoms with Crippen molar-refractivity contribution in [2.75, 3.05) is 30.4 Å². The Morgan fingerprint density at radius 1 is 1.10 bits per heavy atom. The zero-order chi connectivity index (χ0) is 28.3. The van der Waals surface area contributed by atoms with E-state index in [2.05, 4.69) is 26.8 Å². The lowest BCUT2D eigenvalue weighted by molar-refractivity contribution is -0.135. The summed E-state index contributed by atoms with van der Waals surface area (Å²) in [6.45, 7) is 11.7. The van der Waals surface area contributed by atoms with Crippen LogP contribution in [0.15, 0.2) is 55.4 Å². The second-order valence-electron chi connectivity index (χ2n) is 10.2. The van der Waals surface area contributed by atoms with Crippen LogP contribution in [-0.4, -0.2) is 63.6 Å². The first kappa shape index (κ1) is 27.6. The summed E-state index contributed by atoms with van der Waals surface area (Å²) in [4.78, 5) is 55.3. The number of carbonyl (C=O) groups excluding carboxylic acids is 3. The second-order valence-corrected chi connectivity index (χ2v) is 10.2. The van der Waals surface area contributed by atoms with Crippen LogP contribution in [0.3, 0.4) is 0 Å². The van der Waals surface area contributed by atoms with Crippen molar-refractivity contribution in [3.63, 3.8) is 0 Å². The van der Waals surface area contributed by atoms with Gasteiger partial charge in [0.15, 0.2) is 5.78 Å². The number of carbonyl (C=O) groups is 3. The Morgan fingerprint density at radius 2 is 1.82 bits per heavy atom. The molecule has 0 saturated carbocycles. The van der Waals surface area contributed by atoms with Gasteiger partial charge in [0, 0.05) is 54.1 Å². The standard InChI is InChI=1S/C30H34N6O3/c1-18-12-27(30(39)34-28-9-7-8-19(2)33-28)36(16-18)29(38)17-35(6)26-11-10-23(13-25(26)20(3)21(4)37)24-14-31-22(5)32-15-24/h7-11,13-15,18,27H,3,12,16-17H2,1-2,4-6H3,(H,33,34,39)/t18?,27-/m0/s1. The molecule has 1 aromatic carbocycles. The number of hydrogen-bond donors (Lipinski definition) is 1. The largest absolute Gasteiger partial charge is 0.365 e. The van der Waals surface area contributed by atoms with E-state index in [0.717, 1.165) is 16.8 Å². The molecule has 39 heavy (non-hydrogen) atoms. The number of allylic oxidation sites excluding steroid dienone is 1. The third-order valence-corrected chi connectivity index (χ3v) is 6.92. The molecule has 2 atom stereocenters. The summed E-state index contributed by atoms with van der Waals surface area (Å²) in [5, 5.41) is 2.86. The third-order valence-electron chi connectivity index (χ3n) is 6.92. The number of nitrogens with zero attached hydrogens (tertiary/aromatic N) is 5. The molecule has 1 N–H and O–H groups in total. The molecule has 3 aromatic rings. The minimum atomic E-state index is -0.584. The van der Waals surface area contributed by atoms with Crippen molar-refractivity contribution < 1.29 is 14.4 Å². The van der Waals surface area contributed by atoms with Gasteiger partial charge >= 0.3 is 0 Å². The summed E-state index contributed by atoms with van der Waals surface area (Å²) in [6.07, 6.45) is 4.04. The highest BCUT2D eigenvalue weighted by molar-refractivity contribution is 6.20. The minimum Gasteiger partial charge on any atom is -0.365 e.